The van der Waals surface area contributed by atoms with E-state index in [1.54, 1.807) is 0 Å². The molecule has 2 rings (SSSR count). The van der Waals surface area contributed by atoms with E-state index in [0.29, 0.717) is 10.8 Å². The maximum absolute atomic E-state index is 11.8. The van der Waals surface area contributed by atoms with Crippen LogP contribution in [0.5, 0.6) is 0 Å². The molecule has 104 valence electrons. The Hall–Kier alpha value is -1.45. The molecule has 0 heterocycles. The largest absolute Gasteiger partial charge is 0.325 e. The van der Waals surface area contributed by atoms with Gasteiger partial charge in [-0.05, 0) is 48.4 Å². The first-order chi connectivity index (χ1) is 9.67. The Bertz CT molecular complexity index is 566. The quantitative estimate of drug-likeness (QED) is 0.816. The van der Waals surface area contributed by atoms with Crippen LogP contribution in [0.2, 0.25) is 5.02 Å². The van der Waals surface area contributed by atoms with Gasteiger partial charge in [-0.1, -0.05) is 30.7 Å². The zero-order valence-corrected chi connectivity index (χ0v) is 12.8. The van der Waals surface area contributed by atoms with Gasteiger partial charge in [0.1, 0.15) is 0 Å². The molecule has 20 heavy (non-hydrogen) atoms. The SMILES string of the molecule is CCc1ccc(NC(=O)CSc2ccc(Cl)cc2)cc1. The lowest BCUT2D eigenvalue weighted by atomic mass is 10.1. The molecule has 1 N–H and O–H groups in total. The number of carbonyl (C=O) groups excluding carboxylic acids is 1. The van der Waals surface area contributed by atoms with Gasteiger partial charge in [-0.25, -0.2) is 0 Å². The van der Waals surface area contributed by atoms with Gasteiger partial charge in [0.05, 0.1) is 5.75 Å². The van der Waals surface area contributed by atoms with Crippen molar-refractivity contribution in [2.45, 2.75) is 18.2 Å². The number of hydrogen-bond acceptors (Lipinski definition) is 2. The van der Waals surface area contributed by atoms with Gasteiger partial charge < -0.3 is 5.32 Å². The Morgan fingerprint density at radius 3 is 2.35 bits per heavy atom. The van der Waals surface area contributed by atoms with E-state index >= 15 is 0 Å². The molecule has 2 aromatic carbocycles. The summed E-state index contributed by atoms with van der Waals surface area (Å²) >= 11 is 7.31. The molecule has 2 aromatic rings. The monoisotopic (exact) mass is 305 g/mol. The van der Waals surface area contributed by atoms with Crippen LogP contribution in [0.4, 0.5) is 5.69 Å². The number of carbonyl (C=O) groups is 1. The van der Waals surface area contributed by atoms with Crippen LogP contribution in [0.3, 0.4) is 0 Å². The summed E-state index contributed by atoms with van der Waals surface area (Å²) in [5.74, 6) is 0.381. The van der Waals surface area contributed by atoms with Gasteiger partial charge in [0.25, 0.3) is 0 Å². The van der Waals surface area contributed by atoms with Gasteiger partial charge in [-0.2, -0.15) is 0 Å². The van der Waals surface area contributed by atoms with Gasteiger partial charge in [0, 0.05) is 15.6 Å². The van der Waals surface area contributed by atoms with E-state index < -0.39 is 0 Å². The third kappa shape index (κ3) is 4.58. The molecule has 0 saturated carbocycles. The fourth-order valence-electron chi connectivity index (χ4n) is 1.70. The first-order valence-corrected chi connectivity index (χ1v) is 7.81. The van der Waals surface area contributed by atoms with E-state index in [4.69, 9.17) is 11.6 Å². The molecule has 0 radical (unpaired) electrons. The second-order valence-corrected chi connectivity index (χ2v) is 5.83. The van der Waals surface area contributed by atoms with Crippen LogP contribution in [0.25, 0.3) is 0 Å². The lowest BCUT2D eigenvalue weighted by Crippen LogP contribution is -2.13. The average Bonchev–Trinajstić information content (AvgIpc) is 2.47. The molecule has 1 amide bonds. The van der Waals surface area contributed by atoms with Crippen molar-refractivity contribution in [2.24, 2.45) is 0 Å². The number of aryl methyl sites for hydroxylation is 1. The normalized spacial score (nSPS) is 10.3. The highest BCUT2D eigenvalue weighted by Crippen LogP contribution is 2.20. The second-order valence-electron chi connectivity index (χ2n) is 4.34. The molecule has 0 bridgehead atoms. The van der Waals surface area contributed by atoms with Crippen molar-refractivity contribution in [1.29, 1.82) is 0 Å². The molecule has 0 spiro atoms. The summed E-state index contributed by atoms with van der Waals surface area (Å²) in [6.45, 7) is 2.11. The van der Waals surface area contributed by atoms with Crippen LogP contribution in [-0.4, -0.2) is 11.7 Å². The third-order valence-corrected chi connectivity index (χ3v) is 4.09. The van der Waals surface area contributed by atoms with Gasteiger partial charge in [-0.15, -0.1) is 11.8 Å². The van der Waals surface area contributed by atoms with Gasteiger partial charge in [-0.3, -0.25) is 4.79 Å². The summed E-state index contributed by atoms with van der Waals surface area (Å²) in [6, 6.07) is 15.4. The van der Waals surface area contributed by atoms with Gasteiger partial charge in [0.2, 0.25) is 5.91 Å². The number of thioether (sulfide) groups is 1. The Morgan fingerprint density at radius 2 is 1.75 bits per heavy atom. The molecule has 0 aromatic heterocycles. The molecule has 4 heteroatoms. The highest BCUT2D eigenvalue weighted by Gasteiger charge is 2.03. The smallest absolute Gasteiger partial charge is 0.234 e. The van der Waals surface area contributed by atoms with Crippen molar-refractivity contribution < 1.29 is 4.79 Å². The van der Waals surface area contributed by atoms with Crippen LogP contribution in [0.1, 0.15) is 12.5 Å². The summed E-state index contributed by atoms with van der Waals surface area (Å²) in [7, 11) is 0. The number of amides is 1. The molecular weight excluding hydrogens is 290 g/mol. The van der Waals surface area contributed by atoms with E-state index in [0.717, 1.165) is 17.0 Å². The molecule has 0 fully saturated rings. The van der Waals surface area contributed by atoms with Crippen molar-refractivity contribution in [3.63, 3.8) is 0 Å². The zero-order chi connectivity index (χ0) is 14.4. The van der Waals surface area contributed by atoms with E-state index in [2.05, 4.69) is 12.2 Å². The topological polar surface area (TPSA) is 29.1 Å². The Morgan fingerprint density at radius 1 is 1.10 bits per heavy atom. The summed E-state index contributed by atoms with van der Waals surface area (Å²) in [6.07, 6.45) is 1.00. The highest BCUT2D eigenvalue weighted by atomic mass is 35.5. The summed E-state index contributed by atoms with van der Waals surface area (Å²) in [4.78, 5) is 12.9. The Kier molecular flexibility index (Phi) is 5.50. The van der Waals surface area contributed by atoms with Crippen LogP contribution >= 0.6 is 23.4 Å². The summed E-state index contributed by atoms with van der Waals surface area (Å²) in [5, 5.41) is 3.59. The minimum atomic E-state index is -0.00537. The van der Waals surface area contributed by atoms with Crippen LogP contribution < -0.4 is 5.32 Å². The van der Waals surface area contributed by atoms with Crippen molar-refractivity contribution in [2.75, 3.05) is 11.1 Å². The molecule has 0 aliphatic carbocycles. The first kappa shape index (κ1) is 14.9. The number of benzene rings is 2. The molecule has 0 aliphatic heterocycles. The number of anilines is 1. The Balaban J connectivity index is 1.84. The first-order valence-electron chi connectivity index (χ1n) is 6.44. The van der Waals surface area contributed by atoms with E-state index in [-0.39, 0.29) is 5.91 Å². The number of nitrogens with one attached hydrogen (secondary N) is 1. The molecule has 2 nitrogen and oxygen atoms in total. The zero-order valence-electron chi connectivity index (χ0n) is 11.2. The predicted molar refractivity (Wildman–Crippen MR) is 86.6 cm³/mol. The van der Waals surface area contributed by atoms with E-state index in [9.17, 15) is 4.79 Å². The highest BCUT2D eigenvalue weighted by molar-refractivity contribution is 8.00. The van der Waals surface area contributed by atoms with Crippen molar-refractivity contribution >= 4 is 35.0 Å². The van der Waals surface area contributed by atoms with Crippen molar-refractivity contribution in [1.82, 2.24) is 0 Å². The fraction of sp³-hybridized carbons (Fsp3) is 0.188. The van der Waals surface area contributed by atoms with E-state index in [1.165, 1.54) is 17.3 Å². The lowest BCUT2D eigenvalue weighted by molar-refractivity contribution is -0.113. The van der Waals surface area contributed by atoms with Crippen LogP contribution in [0.15, 0.2) is 53.4 Å². The van der Waals surface area contributed by atoms with E-state index in [1.807, 2.05) is 48.5 Å². The molecule has 0 aliphatic rings. The lowest BCUT2D eigenvalue weighted by Gasteiger charge is -2.06. The second kappa shape index (κ2) is 7.36. The number of hydrogen-bond donors (Lipinski definition) is 1. The van der Waals surface area contributed by atoms with Gasteiger partial charge >= 0.3 is 0 Å². The van der Waals surface area contributed by atoms with Crippen LogP contribution in [0, 0.1) is 0 Å². The predicted octanol–water partition coefficient (Wildman–Crippen LogP) is 4.63. The maximum atomic E-state index is 11.8. The molecular formula is C16H16ClNOS. The van der Waals surface area contributed by atoms with Gasteiger partial charge in [0.15, 0.2) is 0 Å². The standard InChI is InChI=1S/C16H16ClNOS/c1-2-12-3-7-14(8-4-12)18-16(19)11-20-15-9-5-13(17)6-10-15/h3-10H,2,11H2,1H3,(H,18,19). The number of halogens is 1. The molecule has 0 atom stereocenters. The van der Waals surface area contributed by atoms with Crippen molar-refractivity contribution in [3.8, 4) is 0 Å². The van der Waals surface area contributed by atoms with Crippen LogP contribution in [-0.2, 0) is 11.2 Å². The number of rotatable bonds is 5. The minimum Gasteiger partial charge on any atom is -0.325 e. The van der Waals surface area contributed by atoms with Crippen molar-refractivity contribution in [3.05, 3.63) is 59.1 Å². The fourth-order valence-corrected chi connectivity index (χ4v) is 2.53. The maximum Gasteiger partial charge on any atom is 0.234 e. The average molecular weight is 306 g/mol. The Labute approximate surface area is 128 Å². The summed E-state index contributed by atoms with van der Waals surface area (Å²) in [5.41, 5.74) is 2.10. The minimum absolute atomic E-state index is 0.00537. The molecule has 0 unspecified atom stereocenters. The third-order valence-electron chi connectivity index (χ3n) is 2.83. The molecule has 0 saturated heterocycles. The summed E-state index contributed by atoms with van der Waals surface area (Å²) < 4.78 is 0.